The average Bonchev–Trinajstić information content (AvgIpc) is 2.30. The Hall–Kier alpha value is 0.0300. The molecule has 13 heavy (non-hydrogen) atoms. The summed E-state index contributed by atoms with van der Waals surface area (Å²) in [5, 5.41) is 0. The molecule has 1 heterocycles. The predicted molar refractivity (Wildman–Crippen MR) is 48.2 cm³/mol. The Morgan fingerprint density at radius 2 is 2.31 bits per heavy atom. The van der Waals surface area contributed by atoms with Crippen LogP contribution in [0.15, 0.2) is 0 Å². The van der Waals surface area contributed by atoms with Crippen LogP contribution in [-0.2, 0) is 20.6 Å². The van der Waals surface area contributed by atoms with E-state index >= 15 is 0 Å². The highest BCUT2D eigenvalue weighted by Gasteiger charge is 2.31. The van der Waals surface area contributed by atoms with Crippen molar-refractivity contribution >= 4 is 11.1 Å². The molecule has 0 saturated carbocycles. The van der Waals surface area contributed by atoms with Crippen LogP contribution in [0.5, 0.6) is 0 Å². The smallest absolute Gasteiger partial charge is 0.0805 e. The van der Waals surface area contributed by atoms with Gasteiger partial charge in [0.2, 0.25) is 0 Å². The van der Waals surface area contributed by atoms with Crippen molar-refractivity contribution in [1.82, 2.24) is 0 Å². The molecular formula is C8H15O4S-. The van der Waals surface area contributed by atoms with Crippen LogP contribution < -0.4 is 0 Å². The van der Waals surface area contributed by atoms with E-state index < -0.39 is 16.7 Å². The zero-order valence-corrected chi connectivity index (χ0v) is 8.60. The van der Waals surface area contributed by atoms with Crippen LogP contribution in [0.25, 0.3) is 0 Å². The third kappa shape index (κ3) is 3.34. The number of ether oxygens (including phenoxy) is 2. The minimum atomic E-state index is -2.04. The van der Waals surface area contributed by atoms with E-state index in [0.29, 0.717) is 19.6 Å². The van der Waals surface area contributed by atoms with Gasteiger partial charge in [-0.15, -0.1) is 0 Å². The van der Waals surface area contributed by atoms with Crippen molar-refractivity contribution in [3.63, 3.8) is 0 Å². The van der Waals surface area contributed by atoms with Gasteiger partial charge in [0.25, 0.3) is 0 Å². The zero-order chi connectivity index (χ0) is 9.73. The van der Waals surface area contributed by atoms with E-state index in [1.165, 1.54) is 0 Å². The van der Waals surface area contributed by atoms with Gasteiger partial charge in [-0.25, -0.2) is 0 Å². The highest BCUT2D eigenvalue weighted by atomic mass is 32.2. The van der Waals surface area contributed by atoms with E-state index in [2.05, 4.69) is 0 Å². The molecule has 4 nitrogen and oxygen atoms in total. The van der Waals surface area contributed by atoms with Crippen molar-refractivity contribution in [2.24, 2.45) is 0 Å². The van der Waals surface area contributed by atoms with E-state index in [0.717, 1.165) is 12.8 Å². The van der Waals surface area contributed by atoms with Gasteiger partial charge in [0.15, 0.2) is 0 Å². The van der Waals surface area contributed by atoms with Crippen LogP contribution in [0.1, 0.15) is 19.3 Å². The van der Waals surface area contributed by atoms with Crippen molar-refractivity contribution in [2.75, 3.05) is 26.1 Å². The molecule has 5 heteroatoms. The van der Waals surface area contributed by atoms with Crippen molar-refractivity contribution in [2.45, 2.75) is 24.9 Å². The molecule has 1 saturated heterocycles. The fraction of sp³-hybridized carbons (Fsp3) is 1.00. The molecule has 1 fully saturated rings. The van der Waals surface area contributed by atoms with E-state index in [9.17, 15) is 8.76 Å². The fourth-order valence-corrected chi connectivity index (χ4v) is 2.44. The van der Waals surface area contributed by atoms with Gasteiger partial charge in [-0.1, -0.05) is 11.1 Å². The Balaban J connectivity index is 2.58. The minimum Gasteiger partial charge on any atom is -0.772 e. The summed E-state index contributed by atoms with van der Waals surface area (Å²) in [6.45, 7) is 1.29. The number of hydrogen-bond donors (Lipinski definition) is 0. The lowest BCUT2D eigenvalue weighted by Crippen LogP contribution is -2.37. The van der Waals surface area contributed by atoms with E-state index in [1.807, 2.05) is 0 Å². The van der Waals surface area contributed by atoms with Gasteiger partial charge in [0.05, 0.1) is 5.60 Å². The summed E-state index contributed by atoms with van der Waals surface area (Å²) in [6, 6.07) is 0. The van der Waals surface area contributed by atoms with Crippen molar-refractivity contribution in [3.05, 3.63) is 0 Å². The van der Waals surface area contributed by atoms with E-state index in [1.54, 1.807) is 7.11 Å². The third-order valence-corrected chi connectivity index (χ3v) is 3.20. The molecule has 0 amide bonds. The lowest BCUT2D eigenvalue weighted by molar-refractivity contribution is -0.00762. The number of rotatable bonds is 3. The van der Waals surface area contributed by atoms with Crippen LogP contribution in [0, 0.1) is 0 Å². The quantitative estimate of drug-likeness (QED) is 0.630. The molecule has 0 spiro atoms. The normalized spacial score (nSPS) is 32.5. The first-order valence-electron chi connectivity index (χ1n) is 4.37. The second kappa shape index (κ2) is 5.05. The van der Waals surface area contributed by atoms with E-state index in [-0.39, 0.29) is 5.75 Å². The van der Waals surface area contributed by atoms with Crippen LogP contribution >= 0.6 is 0 Å². The molecule has 0 bridgehead atoms. The summed E-state index contributed by atoms with van der Waals surface area (Å²) in [5.74, 6) is 0.0762. The van der Waals surface area contributed by atoms with Gasteiger partial charge in [-0.2, -0.15) is 0 Å². The molecule has 0 radical (unpaired) electrons. The molecule has 0 aliphatic carbocycles. The molecule has 1 aliphatic heterocycles. The molecule has 1 rings (SSSR count). The van der Waals surface area contributed by atoms with Crippen LogP contribution in [0.2, 0.25) is 0 Å². The SMILES string of the molecule is COC1(CS(=O)[O-])CCCOCC1. The first-order chi connectivity index (χ1) is 6.18. The molecule has 0 aromatic carbocycles. The summed E-state index contributed by atoms with van der Waals surface area (Å²) < 4.78 is 31.8. The Labute approximate surface area is 80.9 Å². The summed E-state index contributed by atoms with van der Waals surface area (Å²) in [6.07, 6.45) is 2.29. The van der Waals surface area contributed by atoms with Gasteiger partial charge >= 0.3 is 0 Å². The maximum absolute atomic E-state index is 10.6. The van der Waals surface area contributed by atoms with E-state index in [4.69, 9.17) is 9.47 Å². The molecule has 0 aromatic rings. The minimum absolute atomic E-state index is 0.0762. The maximum atomic E-state index is 10.6. The molecule has 0 aromatic heterocycles. The van der Waals surface area contributed by atoms with Crippen molar-refractivity contribution < 1.29 is 18.2 Å². The van der Waals surface area contributed by atoms with Crippen LogP contribution in [-0.4, -0.2) is 40.4 Å². The average molecular weight is 207 g/mol. The molecular weight excluding hydrogens is 192 g/mol. The van der Waals surface area contributed by atoms with Crippen LogP contribution in [0.4, 0.5) is 0 Å². The standard InChI is InChI=1S/C8H16O4S/c1-11-8(7-13(9)10)3-2-5-12-6-4-8/h2-7H2,1H3,(H,9,10)/p-1. The summed E-state index contributed by atoms with van der Waals surface area (Å²) in [4.78, 5) is 0. The zero-order valence-electron chi connectivity index (χ0n) is 7.78. The first kappa shape index (κ1) is 11.1. The topological polar surface area (TPSA) is 58.6 Å². The molecule has 78 valence electrons. The maximum Gasteiger partial charge on any atom is 0.0805 e. The Kier molecular flexibility index (Phi) is 4.31. The Bertz CT molecular complexity index is 175. The lowest BCUT2D eigenvalue weighted by Gasteiger charge is -2.31. The monoisotopic (exact) mass is 207 g/mol. The van der Waals surface area contributed by atoms with Gasteiger partial charge in [0, 0.05) is 32.5 Å². The highest BCUT2D eigenvalue weighted by Crippen LogP contribution is 2.25. The van der Waals surface area contributed by atoms with Gasteiger partial charge in [0.1, 0.15) is 0 Å². The summed E-state index contributed by atoms with van der Waals surface area (Å²) in [7, 11) is 1.57. The number of methoxy groups -OCH3 is 1. The summed E-state index contributed by atoms with van der Waals surface area (Å²) in [5.41, 5.74) is -0.511. The Morgan fingerprint density at radius 1 is 1.54 bits per heavy atom. The fourth-order valence-electron chi connectivity index (χ4n) is 1.60. The largest absolute Gasteiger partial charge is 0.772 e. The molecule has 2 unspecified atom stereocenters. The Morgan fingerprint density at radius 3 is 2.92 bits per heavy atom. The highest BCUT2D eigenvalue weighted by molar-refractivity contribution is 7.79. The van der Waals surface area contributed by atoms with Crippen molar-refractivity contribution in [3.8, 4) is 0 Å². The van der Waals surface area contributed by atoms with Gasteiger partial charge < -0.3 is 14.0 Å². The summed E-state index contributed by atoms with van der Waals surface area (Å²) >= 11 is -2.04. The first-order valence-corrected chi connectivity index (χ1v) is 5.62. The van der Waals surface area contributed by atoms with Gasteiger partial charge in [-0.05, 0) is 12.8 Å². The van der Waals surface area contributed by atoms with Crippen molar-refractivity contribution in [1.29, 1.82) is 0 Å². The molecule has 0 N–H and O–H groups in total. The second-order valence-corrected chi connectivity index (χ2v) is 4.20. The molecule has 1 aliphatic rings. The third-order valence-electron chi connectivity index (χ3n) is 2.44. The van der Waals surface area contributed by atoms with Gasteiger partial charge in [-0.3, -0.25) is 4.21 Å². The predicted octanol–water partition coefficient (Wildman–Crippen LogP) is 0.451. The van der Waals surface area contributed by atoms with Crippen LogP contribution in [0.3, 0.4) is 0 Å². The molecule has 2 atom stereocenters. The lowest BCUT2D eigenvalue weighted by atomic mass is 9.97. The second-order valence-electron chi connectivity index (χ2n) is 3.30. The number of hydrogen-bond acceptors (Lipinski definition) is 4.